The number of rotatable bonds is 4. The van der Waals surface area contributed by atoms with Gasteiger partial charge in [0.2, 0.25) is 0 Å². The maximum atomic E-state index is 12.8. The molecule has 2 rings (SSSR count). The Morgan fingerprint density at radius 3 is 2.64 bits per heavy atom. The maximum Gasteiger partial charge on any atom is 0.256 e. The number of hydrogen-bond donors (Lipinski definition) is 0. The second kappa shape index (κ2) is 6.58. The Bertz CT molecular complexity index is 729. The molecule has 0 unspecified atom stereocenters. The van der Waals surface area contributed by atoms with Crippen LogP contribution in [0, 0.1) is 18.3 Å². The van der Waals surface area contributed by atoms with Gasteiger partial charge in [-0.25, -0.2) is 0 Å². The van der Waals surface area contributed by atoms with Gasteiger partial charge < -0.3 is 21.9 Å². The minimum Gasteiger partial charge on any atom is -0.759 e. The summed E-state index contributed by atoms with van der Waals surface area (Å²) in [5.41, 5.74) is 1.52. The molecule has 0 aromatic carbocycles. The van der Waals surface area contributed by atoms with Crippen LogP contribution in [0.25, 0.3) is 11.3 Å². The molecule has 5 nitrogen and oxygen atoms in total. The molecule has 0 aliphatic carbocycles. The van der Waals surface area contributed by atoms with E-state index in [4.69, 9.17) is 17.0 Å². The molecule has 114 valence electrons. The molecular formula is C16H16N3O2S-. The van der Waals surface area contributed by atoms with E-state index in [1.54, 1.807) is 24.0 Å². The summed E-state index contributed by atoms with van der Waals surface area (Å²) in [5.74, 6) is 0.275. The minimum atomic E-state index is -0.173. The van der Waals surface area contributed by atoms with Crippen molar-refractivity contribution >= 4 is 18.5 Å². The third-order valence-corrected chi connectivity index (χ3v) is 3.78. The van der Waals surface area contributed by atoms with Crippen molar-refractivity contribution < 1.29 is 9.21 Å². The lowest BCUT2D eigenvalue weighted by molar-refractivity contribution is 0.0772. The molecule has 2 heterocycles. The molecule has 6 heteroatoms. The standard InChI is InChI=1S/C16H17N3O2S/c1-4-19(5-2)16(20)13-10(3)18-15(22)11(9-17)14(13)12-7-6-8-21-12/h6-8H,4-5H2,1-3H3,(H,18,22)/p-1. The first-order valence-electron chi connectivity index (χ1n) is 6.99. The number of aryl methyl sites for hydroxylation is 1. The zero-order valence-electron chi connectivity index (χ0n) is 12.7. The maximum absolute atomic E-state index is 12.8. The first kappa shape index (κ1) is 16.0. The number of nitrogens with zero attached hydrogens (tertiary/aromatic N) is 3. The van der Waals surface area contributed by atoms with E-state index in [2.05, 4.69) is 11.1 Å². The predicted molar refractivity (Wildman–Crippen MR) is 84.3 cm³/mol. The molecule has 0 radical (unpaired) electrons. The van der Waals surface area contributed by atoms with E-state index in [9.17, 15) is 10.1 Å². The second-order valence-electron chi connectivity index (χ2n) is 4.69. The van der Waals surface area contributed by atoms with Gasteiger partial charge in [0.05, 0.1) is 23.5 Å². The highest BCUT2D eigenvalue weighted by Crippen LogP contribution is 2.32. The van der Waals surface area contributed by atoms with E-state index < -0.39 is 0 Å². The zero-order chi connectivity index (χ0) is 16.3. The lowest BCUT2D eigenvalue weighted by Crippen LogP contribution is -2.32. The van der Waals surface area contributed by atoms with Gasteiger partial charge in [-0.2, -0.15) is 5.26 Å². The first-order chi connectivity index (χ1) is 10.5. The topological polar surface area (TPSA) is 70.1 Å². The second-order valence-corrected chi connectivity index (χ2v) is 5.08. The van der Waals surface area contributed by atoms with Crippen LogP contribution in [0.4, 0.5) is 0 Å². The number of hydrogen-bond acceptors (Lipinski definition) is 5. The molecule has 2 aromatic rings. The summed E-state index contributed by atoms with van der Waals surface area (Å²) >= 11 is 5.17. The summed E-state index contributed by atoms with van der Waals surface area (Å²) in [6.07, 6.45) is 1.50. The third kappa shape index (κ3) is 2.68. The number of furan rings is 1. The summed E-state index contributed by atoms with van der Waals surface area (Å²) in [6.45, 7) is 6.68. The number of pyridine rings is 1. The smallest absolute Gasteiger partial charge is 0.256 e. The van der Waals surface area contributed by atoms with Crippen molar-refractivity contribution in [2.45, 2.75) is 25.8 Å². The van der Waals surface area contributed by atoms with Crippen molar-refractivity contribution in [2.75, 3.05) is 13.1 Å². The lowest BCUT2D eigenvalue weighted by Gasteiger charge is -2.23. The summed E-state index contributed by atoms with van der Waals surface area (Å²) in [4.78, 5) is 18.7. The number of nitriles is 1. The summed E-state index contributed by atoms with van der Waals surface area (Å²) < 4.78 is 5.41. The van der Waals surface area contributed by atoms with Crippen molar-refractivity contribution in [1.29, 1.82) is 5.26 Å². The Labute approximate surface area is 135 Å². The quantitative estimate of drug-likeness (QED) is 0.812. The van der Waals surface area contributed by atoms with Crippen molar-refractivity contribution in [1.82, 2.24) is 9.88 Å². The Morgan fingerprint density at radius 2 is 2.14 bits per heavy atom. The minimum absolute atomic E-state index is 0.173. The molecule has 1 amide bonds. The summed E-state index contributed by atoms with van der Waals surface area (Å²) in [5, 5.41) is 9.61. The van der Waals surface area contributed by atoms with Crippen LogP contribution in [0.3, 0.4) is 0 Å². The van der Waals surface area contributed by atoms with E-state index in [1.165, 1.54) is 6.26 Å². The van der Waals surface area contributed by atoms with E-state index in [-0.39, 0.29) is 16.5 Å². The van der Waals surface area contributed by atoms with Crippen LogP contribution in [0.1, 0.15) is 35.5 Å². The van der Waals surface area contributed by atoms with Gasteiger partial charge in [-0.05, 0) is 32.9 Å². The van der Waals surface area contributed by atoms with E-state index in [0.29, 0.717) is 35.7 Å². The van der Waals surface area contributed by atoms with Crippen LogP contribution in [-0.2, 0) is 12.6 Å². The molecule has 0 saturated carbocycles. The Balaban J connectivity index is 2.78. The zero-order valence-corrected chi connectivity index (χ0v) is 13.5. The number of aromatic nitrogens is 1. The van der Waals surface area contributed by atoms with Crippen molar-refractivity contribution in [3.8, 4) is 17.4 Å². The van der Waals surface area contributed by atoms with Gasteiger partial charge in [0.15, 0.2) is 0 Å². The molecule has 2 aromatic heterocycles. The van der Waals surface area contributed by atoms with Crippen LogP contribution < -0.4 is 0 Å². The van der Waals surface area contributed by atoms with E-state index >= 15 is 0 Å². The largest absolute Gasteiger partial charge is 0.759 e. The number of carbonyl (C=O) groups excluding carboxylic acids is 1. The molecule has 0 atom stereocenters. The lowest BCUT2D eigenvalue weighted by atomic mass is 9.98. The van der Waals surface area contributed by atoms with Gasteiger partial charge in [-0.1, -0.05) is 5.03 Å². The molecule has 0 aliphatic heterocycles. The number of amides is 1. The third-order valence-electron chi connectivity index (χ3n) is 3.49. The molecule has 0 bridgehead atoms. The van der Waals surface area contributed by atoms with Crippen LogP contribution in [0.2, 0.25) is 0 Å². The van der Waals surface area contributed by atoms with Crippen LogP contribution in [0.15, 0.2) is 27.8 Å². The fourth-order valence-electron chi connectivity index (χ4n) is 2.38. The predicted octanol–water partition coefficient (Wildman–Crippen LogP) is 2.91. The highest BCUT2D eigenvalue weighted by Gasteiger charge is 2.25. The van der Waals surface area contributed by atoms with E-state index in [1.807, 2.05) is 13.8 Å². The van der Waals surface area contributed by atoms with Gasteiger partial charge in [-0.15, -0.1) is 0 Å². The fourth-order valence-corrected chi connectivity index (χ4v) is 2.66. The number of carbonyl (C=O) groups is 1. The average molecular weight is 314 g/mol. The Kier molecular flexibility index (Phi) is 4.78. The average Bonchev–Trinajstić information content (AvgIpc) is 3.01. The van der Waals surface area contributed by atoms with Crippen molar-refractivity contribution in [3.63, 3.8) is 0 Å². The normalized spacial score (nSPS) is 10.3. The van der Waals surface area contributed by atoms with Gasteiger partial charge in [-0.3, -0.25) is 9.78 Å². The monoisotopic (exact) mass is 314 g/mol. The van der Waals surface area contributed by atoms with Crippen molar-refractivity contribution in [3.05, 3.63) is 35.2 Å². The van der Waals surface area contributed by atoms with Gasteiger partial charge in [0.25, 0.3) is 5.91 Å². The summed E-state index contributed by atoms with van der Waals surface area (Å²) in [7, 11) is 0. The highest BCUT2D eigenvalue weighted by atomic mass is 32.1. The Hall–Kier alpha value is -2.39. The van der Waals surface area contributed by atoms with Gasteiger partial charge >= 0.3 is 0 Å². The van der Waals surface area contributed by atoms with Crippen LogP contribution >= 0.6 is 0 Å². The molecule has 22 heavy (non-hydrogen) atoms. The molecule has 0 N–H and O–H groups in total. The highest BCUT2D eigenvalue weighted by molar-refractivity contribution is 7.58. The van der Waals surface area contributed by atoms with E-state index in [0.717, 1.165) is 0 Å². The van der Waals surface area contributed by atoms with Gasteiger partial charge in [0.1, 0.15) is 5.76 Å². The SMILES string of the molecule is CCN(CC)C(=O)c1c(C)nc([S-])c(C#N)c1-c1ccco1. The summed E-state index contributed by atoms with van der Waals surface area (Å²) in [6, 6.07) is 5.47. The molecule has 0 spiro atoms. The molecular weight excluding hydrogens is 298 g/mol. The molecule has 0 saturated heterocycles. The Morgan fingerprint density at radius 1 is 1.45 bits per heavy atom. The first-order valence-corrected chi connectivity index (χ1v) is 7.40. The molecule has 0 aliphatic rings. The van der Waals surface area contributed by atoms with Crippen molar-refractivity contribution in [2.24, 2.45) is 0 Å². The van der Waals surface area contributed by atoms with Crippen LogP contribution in [0.5, 0.6) is 0 Å². The molecule has 0 fully saturated rings. The van der Waals surface area contributed by atoms with Gasteiger partial charge in [0, 0.05) is 24.3 Å². The fraction of sp³-hybridized carbons (Fsp3) is 0.312. The van der Waals surface area contributed by atoms with Crippen LogP contribution in [-0.4, -0.2) is 28.9 Å².